The first-order valence-corrected chi connectivity index (χ1v) is 17.0. The molecule has 0 radical (unpaired) electrons. The Hall–Kier alpha value is -2.99. The second kappa shape index (κ2) is 14.7. The molecule has 1 fully saturated rings. The molecule has 2 aliphatic carbocycles. The number of alkyl halides is 1. The van der Waals surface area contributed by atoms with E-state index in [1.165, 1.54) is 37.8 Å². The van der Waals surface area contributed by atoms with Gasteiger partial charge in [0.15, 0.2) is 0 Å². The van der Waals surface area contributed by atoms with Crippen molar-refractivity contribution >= 4 is 36.7 Å². The highest BCUT2D eigenvalue weighted by Crippen LogP contribution is 2.28. The van der Waals surface area contributed by atoms with E-state index in [1.807, 2.05) is 11.5 Å². The molecule has 8 nitrogen and oxygen atoms in total. The SMILES string of the molecule is C=C(CC)NS(=O)(=O)c1ccc(NCC#Cc2cc3c(n2CC(F)P)=CCCC=3NC2CCC(N(C)C)CC2)c(OC)c1. The Balaban J connectivity index is 1.53. The number of allylic oxidation sites excluding steroid dienone is 1. The average Bonchev–Trinajstić information content (AvgIpc) is 3.32. The van der Waals surface area contributed by atoms with E-state index in [0.717, 1.165) is 41.9 Å². The number of methoxy groups -OCH3 is 1. The van der Waals surface area contributed by atoms with Crippen LogP contribution in [0.1, 0.15) is 57.6 Å². The van der Waals surface area contributed by atoms with Gasteiger partial charge in [-0.15, -0.1) is 0 Å². The topological polar surface area (TPSA) is 87.6 Å². The summed E-state index contributed by atoms with van der Waals surface area (Å²) in [5.74, 6) is 5.69. The van der Waals surface area contributed by atoms with Crippen molar-refractivity contribution in [2.45, 2.75) is 81.3 Å². The highest BCUT2D eigenvalue weighted by molar-refractivity contribution is 7.89. The number of ether oxygens (including phenoxy) is 1. The van der Waals surface area contributed by atoms with Crippen molar-refractivity contribution in [2.24, 2.45) is 0 Å². The molecule has 2 aliphatic rings. The maximum Gasteiger partial charge on any atom is 0.261 e. The molecule has 2 atom stereocenters. The van der Waals surface area contributed by atoms with Gasteiger partial charge in [0.05, 0.1) is 36.5 Å². The Kier molecular flexibility index (Phi) is 11.2. The van der Waals surface area contributed by atoms with Crippen LogP contribution >= 0.6 is 9.24 Å². The minimum atomic E-state index is -3.75. The van der Waals surface area contributed by atoms with Crippen LogP contribution < -0.4 is 30.7 Å². The van der Waals surface area contributed by atoms with Crippen molar-refractivity contribution in [1.82, 2.24) is 19.5 Å². The van der Waals surface area contributed by atoms with Gasteiger partial charge in [0.2, 0.25) is 0 Å². The van der Waals surface area contributed by atoms with Crippen molar-refractivity contribution in [2.75, 3.05) is 33.1 Å². The molecule has 1 heterocycles. The summed E-state index contributed by atoms with van der Waals surface area (Å²) in [7, 11) is 4.29. The molecule has 234 valence electrons. The molecule has 2 unspecified atom stereocenters. The molecule has 43 heavy (non-hydrogen) atoms. The van der Waals surface area contributed by atoms with Crippen molar-refractivity contribution in [3.8, 4) is 17.6 Å². The van der Waals surface area contributed by atoms with E-state index >= 15 is 0 Å². The number of hydrogen-bond donors (Lipinski definition) is 3. The monoisotopic (exact) mass is 629 g/mol. The number of halogens is 1. The fourth-order valence-electron chi connectivity index (χ4n) is 5.70. The lowest BCUT2D eigenvalue weighted by Gasteiger charge is -2.34. The lowest BCUT2D eigenvalue weighted by atomic mass is 9.90. The maximum atomic E-state index is 14.3. The molecule has 0 bridgehead atoms. The summed E-state index contributed by atoms with van der Waals surface area (Å²) in [5, 5.41) is 9.19. The van der Waals surface area contributed by atoms with Crippen molar-refractivity contribution in [3.63, 3.8) is 0 Å². The highest BCUT2D eigenvalue weighted by Gasteiger charge is 2.24. The molecular weight excluding hydrogens is 584 g/mol. The maximum absolute atomic E-state index is 14.3. The quantitative estimate of drug-likeness (QED) is 0.246. The predicted molar refractivity (Wildman–Crippen MR) is 176 cm³/mol. The third kappa shape index (κ3) is 8.35. The zero-order chi connectivity index (χ0) is 31.1. The molecule has 2 aromatic rings. The van der Waals surface area contributed by atoms with E-state index in [1.54, 1.807) is 6.07 Å². The van der Waals surface area contributed by atoms with Crippen LogP contribution in [-0.2, 0) is 16.6 Å². The van der Waals surface area contributed by atoms with Gasteiger partial charge in [-0.3, -0.25) is 4.72 Å². The van der Waals surface area contributed by atoms with E-state index in [9.17, 15) is 12.8 Å². The summed E-state index contributed by atoms with van der Waals surface area (Å²) >= 11 is 0. The van der Waals surface area contributed by atoms with E-state index in [-0.39, 0.29) is 18.0 Å². The van der Waals surface area contributed by atoms with Crippen LogP contribution in [0.15, 0.2) is 41.4 Å². The largest absolute Gasteiger partial charge is 0.495 e. The number of nitrogens with one attached hydrogen (secondary N) is 3. The van der Waals surface area contributed by atoms with Gasteiger partial charge in [0, 0.05) is 40.1 Å². The lowest BCUT2D eigenvalue weighted by Crippen LogP contribution is -2.43. The van der Waals surface area contributed by atoms with Crippen LogP contribution in [0.3, 0.4) is 0 Å². The van der Waals surface area contributed by atoms with Crippen LogP contribution in [0.2, 0.25) is 0 Å². The Morgan fingerprint density at radius 2 is 2.00 bits per heavy atom. The molecule has 0 saturated heterocycles. The molecular formula is C32H45FN5O3PS. The van der Waals surface area contributed by atoms with E-state index in [0.29, 0.717) is 35.6 Å². The second-order valence-electron chi connectivity index (χ2n) is 11.4. The number of anilines is 1. The summed E-state index contributed by atoms with van der Waals surface area (Å²) in [6, 6.07) is 7.81. The number of nitrogens with zero attached hydrogens (tertiary/aromatic N) is 2. The molecule has 11 heteroatoms. The molecule has 3 N–H and O–H groups in total. The van der Waals surface area contributed by atoms with Gasteiger partial charge in [-0.25, -0.2) is 12.8 Å². The first kappa shape index (κ1) is 32.9. The number of hydrogen-bond acceptors (Lipinski definition) is 6. The van der Waals surface area contributed by atoms with Crippen molar-refractivity contribution in [3.05, 3.63) is 52.8 Å². The third-order valence-corrected chi connectivity index (χ3v) is 9.77. The molecule has 0 aliphatic heterocycles. The van der Waals surface area contributed by atoms with Gasteiger partial charge in [-0.2, -0.15) is 0 Å². The van der Waals surface area contributed by atoms with E-state index < -0.39 is 15.9 Å². The zero-order valence-corrected chi connectivity index (χ0v) is 27.6. The highest BCUT2D eigenvalue weighted by atomic mass is 32.2. The Labute approximate surface area is 258 Å². The van der Waals surface area contributed by atoms with Crippen LogP contribution in [0.4, 0.5) is 10.1 Å². The van der Waals surface area contributed by atoms with Crippen LogP contribution in [0.25, 0.3) is 11.8 Å². The molecule has 4 rings (SSSR count). The number of benzene rings is 1. The van der Waals surface area contributed by atoms with Gasteiger partial charge >= 0.3 is 0 Å². The van der Waals surface area contributed by atoms with E-state index in [4.69, 9.17) is 4.74 Å². The number of rotatable bonds is 12. The van der Waals surface area contributed by atoms with Crippen LogP contribution in [0, 0.1) is 11.8 Å². The number of aromatic nitrogens is 1. The fourth-order valence-corrected chi connectivity index (χ4v) is 7.06. The van der Waals surface area contributed by atoms with Crippen LogP contribution in [0.5, 0.6) is 5.75 Å². The van der Waals surface area contributed by atoms with Crippen molar-refractivity contribution in [1.29, 1.82) is 0 Å². The Morgan fingerprint density at radius 1 is 1.26 bits per heavy atom. The van der Waals surface area contributed by atoms with Crippen LogP contribution in [-0.4, -0.2) is 63.6 Å². The first-order chi connectivity index (χ1) is 20.5. The zero-order valence-electron chi connectivity index (χ0n) is 25.7. The predicted octanol–water partition coefficient (Wildman–Crippen LogP) is 3.48. The molecule has 1 saturated carbocycles. The normalized spacial score (nSPS) is 19.0. The summed E-state index contributed by atoms with van der Waals surface area (Å²) in [6.07, 6.45) is 9.18. The Bertz CT molecular complexity index is 1600. The summed E-state index contributed by atoms with van der Waals surface area (Å²) in [6.45, 7) is 6.04. The van der Waals surface area contributed by atoms with Gasteiger partial charge in [0.1, 0.15) is 11.7 Å². The van der Waals surface area contributed by atoms with E-state index in [2.05, 4.69) is 74.2 Å². The first-order valence-electron chi connectivity index (χ1n) is 14.9. The summed E-state index contributed by atoms with van der Waals surface area (Å²) in [4.78, 5) is 2.41. The summed E-state index contributed by atoms with van der Waals surface area (Å²) < 4.78 is 49.5. The average molecular weight is 630 g/mol. The second-order valence-corrected chi connectivity index (χ2v) is 13.8. The number of sulfonamides is 1. The fraction of sp³-hybridized carbons (Fsp3) is 0.500. The van der Waals surface area contributed by atoms with Gasteiger partial charge in [-0.05, 0) is 83.2 Å². The standard InChI is InChI=1S/C32H45FN5O3PS/c1-6-22(2)36-43(39,40)26-16-17-29(31(20-26)41-5)34-18-8-9-25-19-27-28(10-7-11-30(27)38(25)21-32(33)42)35-23-12-14-24(15-13-23)37(3)4/h11,16-17,19-20,23-24,32,34-36H,2,6-7,10,12-15,18,21,42H2,1,3-5H3. The molecule has 0 spiro atoms. The third-order valence-electron chi connectivity index (χ3n) is 8.13. The molecule has 1 aromatic carbocycles. The summed E-state index contributed by atoms with van der Waals surface area (Å²) in [5.41, 5.74) is 3.02. The number of fused-ring (bicyclic) bond motifs is 1. The molecule has 1 aromatic heterocycles. The molecule has 0 amide bonds. The Morgan fingerprint density at radius 3 is 2.65 bits per heavy atom. The minimum Gasteiger partial charge on any atom is -0.495 e. The lowest BCUT2D eigenvalue weighted by molar-refractivity contribution is 0.210. The van der Waals surface area contributed by atoms with Gasteiger partial charge in [0.25, 0.3) is 10.0 Å². The van der Waals surface area contributed by atoms with Gasteiger partial charge < -0.3 is 24.8 Å². The minimum absolute atomic E-state index is 0.0832. The smallest absolute Gasteiger partial charge is 0.261 e. The van der Waals surface area contributed by atoms with Crippen molar-refractivity contribution < 1.29 is 17.5 Å². The van der Waals surface area contributed by atoms with Gasteiger partial charge in [-0.1, -0.05) is 34.7 Å².